The van der Waals surface area contributed by atoms with Crippen LogP contribution in [0.3, 0.4) is 0 Å². The number of nitrogens with zero attached hydrogens (tertiary/aromatic N) is 4. The van der Waals surface area contributed by atoms with Gasteiger partial charge in [0.25, 0.3) is 0 Å². The van der Waals surface area contributed by atoms with Crippen LogP contribution in [0.2, 0.25) is 0 Å². The molecule has 26 heavy (non-hydrogen) atoms. The Bertz CT molecular complexity index is 875. The summed E-state index contributed by atoms with van der Waals surface area (Å²) in [4.78, 5) is 22.0. The van der Waals surface area contributed by atoms with E-state index in [0.29, 0.717) is 13.2 Å². The summed E-state index contributed by atoms with van der Waals surface area (Å²) < 4.78 is 6.62. The van der Waals surface area contributed by atoms with Crippen LogP contribution in [0.1, 0.15) is 19.5 Å². The van der Waals surface area contributed by atoms with Crippen LogP contribution in [0, 0.1) is 6.92 Å². The molecule has 3 aromatic heterocycles. The van der Waals surface area contributed by atoms with Gasteiger partial charge in [-0.1, -0.05) is 0 Å². The highest BCUT2D eigenvalue weighted by atomic mass is 32.1. The van der Waals surface area contributed by atoms with E-state index < -0.39 is 0 Å². The van der Waals surface area contributed by atoms with Gasteiger partial charge in [0.1, 0.15) is 10.7 Å². The lowest BCUT2D eigenvalue weighted by Gasteiger charge is -2.13. The maximum absolute atomic E-state index is 12.3. The summed E-state index contributed by atoms with van der Waals surface area (Å²) in [6, 6.07) is 5.31. The van der Waals surface area contributed by atoms with Gasteiger partial charge in [0, 0.05) is 30.8 Å². The molecule has 0 bridgehead atoms. The van der Waals surface area contributed by atoms with Crippen LogP contribution in [0.4, 0.5) is 4.79 Å². The number of hydrogen-bond donors (Lipinski definition) is 1. The highest BCUT2D eigenvalue weighted by Crippen LogP contribution is 2.33. The molecule has 1 atom stereocenters. The fourth-order valence-corrected chi connectivity index (χ4v) is 3.44. The van der Waals surface area contributed by atoms with Crippen LogP contribution in [0.25, 0.3) is 21.1 Å². The molecule has 1 unspecified atom stereocenters. The SMILES string of the molecule is CCOCC(C)NC(=O)n1ccc(-c2sc(-c3cccnc3)nc2C)n1. The molecule has 0 aromatic carbocycles. The topological polar surface area (TPSA) is 81.9 Å². The van der Waals surface area contributed by atoms with Crippen LogP contribution in [0.15, 0.2) is 36.8 Å². The van der Waals surface area contributed by atoms with Gasteiger partial charge in [-0.2, -0.15) is 9.78 Å². The van der Waals surface area contributed by atoms with E-state index in [0.717, 1.165) is 26.8 Å². The second kappa shape index (κ2) is 8.20. The van der Waals surface area contributed by atoms with Crippen molar-refractivity contribution in [1.82, 2.24) is 25.1 Å². The smallest absolute Gasteiger partial charge is 0.342 e. The number of carbonyl (C=O) groups is 1. The molecule has 0 aliphatic heterocycles. The van der Waals surface area contributed by atoms with Crippen molar-refractivity contribution < 1.29 is 9.53 Å². The molecule has 0 saturated carbocycles. The molecule has 0 aliphatic rings. The van der Waals surface area contributed by atoms with E-state index >= 15 is 0 Å². The monoisotopic (exact) mass is 371 g/mol. The van der Waals surface area contributed by atoms with Crippen molar-refractivity contribution >= 4 is 17.4 Å². The van der Waals surface area contributed by atoms with E-state index in [9.17, 15) is 4.79 Å². The lowest BCUT2D eigenvalue weighted by molar-refractivity contribution is 0.128. The Balaban J connectivity index is 1.76. The van der Waals surface area contributed by atoms with Crippen molar-refractivity contribution in [3.8, 4) is 21.1 Å². The quantitative estimate of drug-likeness (QED) is 0.718. The zero-order chi connectivity index (χ0) is 18.5. The third-order valence-electron chi connectivity index (χ3n) is 3.68. The number of pyridine rings is 1. The van der Waals surface area contributed by atoms with Crippen LogP contribution < -0.4 is 5.32 Å². The van der Waals surface area contributed by atoms with Gasteiger partial charge in [-0.3, -0.25) is 4.98 Å². The average molecular weight is 371 g/mol. The Kier molecular flexibility index (Phi) is 5.75. The molecule has 0 saturated heterocycles. The second-order valence-electron chi connectivity index (χ2n) is 5.83. The van der Waals surface area contributed by atoms with Gasteiger partial charge in [0.2, 0.25) is 0 Å². The largest absolute Gasteiger partial charge is 0.380 e. The first-order valence-corrected chi connectivity index (χ1v) is 9.22. The summed E-state index contributed by atoms with van der Waals surface area (Å²) in [6.07, 6.45) is 5.17. The maximum Gasteiger partial charge on any atom is 0.342 e. The highest BCUT2D eigenvalue weighted by Gasteiger charge is 2.16. The minimum Gasteiger partial charge on any atom is -0.380 e. The van der Waals surface area contributed by atoms with E-state index in [4.69, 9.17) is 4.74 Å². The number of ether oxygens (including phenoxy) is 1. The Morgan fingerprint density at radius 3 is 3.00 bits per heavy atom. The molecule has 3 heterocycles. The molecule has 0 spiro atoms. The van der Waals surface area contributed by atoms with Crippen LogP contribution >= 0.6 is 11.3 Å². The molecule has 0 radical (unpaired) electrons. The first kappa shape index (κ1) is 18.2. The third kappa shape index (κ3) is 4.14. The number of aromatic nitrogens is 4. The molecule has 0 fully saturated rings. The van der Waals surface area contributed by atoms with E-state index in [-0.39, 0.29) is 12.1 Å². The first-order chi connectivity index (χ1) is 12.6. The van der Waals surface area contributed by atoms with Gasteiger partial charge in [-0.15, -0.1) is 11.3 Å². The minimum absolute atomic E-state index is 0.0857. The Morgan fingerprint density at radius 1 is 1.42 bits per heavy atom. The Hall–Kier alpha value is -2.58. The van der Waals surface area contributed by atoms with Gasteiger partial charge in [0.05, 0.1) is 23.2 Å². The normalized spacial score (nSPS) is 12.1. The zero-order valence-electron chi connectivity index (χ0n) is 15.0. The third-order valence-corrected chi connectivity index (χ3v) is 4.91. The predicted octanol–water partition coefficient (Wildman–Crippen LogP) is 3.36. The van der Waals surface area contributed by atoms with Crippen molar-refractivity contribution in [2.45, 2.75) is 26.8 Å². The Morgan fingerprint density at radius 2 is 2.27 bits per heavy atom. The number of nitrogens with one attached hydrogen (secondary N) is 1. The number of carbonyl (C=O) groups excluding carboxylic acids is 1. The predicted molar refractivity (Wildman–Crippen MR) is 101 cm³/mol. The minimum atomic E-state index is -0.280. The summed E-state index contributed by atoms with van der Waals surface area (Å²) in [6.45, 7) is 6.85. The molecule has 3 rings (SSSR count). The second-order valence-corrected chi connectivity index (χ2v) is 6.83. The molecule has 8 heteroatoms. The average Bonchev–Trinajstić information content (AvgIpc) is 3.27. The number of thiazole rings is 1. The van der Waals surface area contributed by atoms with Gasteiger partial charge < -0.3 is 10.1 Å². The van der Waals surface area contributed by atoms with E-state index in [1.54, 1.807) is 18.6 Å². The van der Waals surface area contributed by atoms with Crippen molar-refractivity contribution in [1.29, 1.82) is 0 Å². The molecule has 7 nitrogen and oxygen atoms in total. The molecular formula is C18H21N5O2S. The van der Waals surface area contributed by atoms with Gasteiger partial charge >= 0.3 is 6.03 Å². The van der Waals surface area contributed by atoms with E-state index in [1.165, 1.54) is 16.0 Å². The number of rotatable bonds is 6. The van der Waals surface area contributed by atoms with Crippen molar-refractivity contribution in [2.24, 2.45) is 0 Å². The molecule has 1 N–H and O–H groups in total. The fraction of sp³-hybridized carbons (Fsp3) is 0.333. The number of hydrogen-bond acceptors (Lipinski definition) is 6. The lowest BCUT2D eigenvalue weighted by Crippen LogP contribution is -2.38. The molecular weight excluding hydrogens is 350 g/mol. The van der Waals surface area contributed by atoms with Crippen molar-refractivity contribution in [3.63, 3.8) is 0 Å². The maximum atomic E-state index is 12.3. The van der Waals surface area contributed by atoms with E-state index in [2.05, 4.69) is 20.4 Å². The fourth-order valence-electron chi connectivity index (χ4n) is 2.42. The summed E-state index contributed by atoms with van der Waals surface area (Å²) in [5.41, 5.74) is 2.57. The van der Waals surface area contributed by atoms with E-state index in [1.807, 2.05) is 39.0 Å². The van der Waals surface area contributed by atoms with Gasteiger partial charge in [-0.25, -0.2) is 9.78 Å². The summed E-state index contributed by atoms with van der Waals surface area (Å²) in [5.74, 6) is 0. The van der Waals surface area contributed by atoms with Crippen molar-refractivity contribution in [2.75, 3.05) is 13.2 Å². The van der Waals surface area contributed by atoms with Crippen LogP contribution in [-0.2, 0) is 4.74 Å². The first-order valence-electron chi connectivity index (χ1n) is 8.41. The highest BCUT2D eigenvalue weighted by molar-refractivity contribution is 7.18. The number of aryl methyl sites for hydroxylation is 1. The van der Waals surface area contributed by atoms with Crippen molar-refractivity contribution in [3.05, 3.63) is 42.5 Å². The molecule has 0 aliphatic carbocycles. The molecule has 136 valence electrons. The summed E-state index contributed by atoms with van der Waals surface area (Å²) >= 11 is 1.54. The lowest BCUT2D eigenvalue weighted by atomic mass is 10.3. The number of amides is 1. The summed E-state index contributed by atoms with van der Waals surface area (Å²) in [7, 11) is 0. The molecule has 1 amide bonds. The van der Waals surface area contributed by atoms with Gasteiger partial charge in [0.15, 0.2) is 0 Å². The van der Waals surface area contributed by atoms with Crippen LogP contribution in [-0.4, -0.2) is 45.0 Å². The standard InChI is InChI=1S/C18H21N5O2S/c1-4-25-11-12(2)20-18(24)23-9-7-15(22-23)16-13(3)21-17(26-16)14-6-5-8-19-10-14/h5-10,12H,4,11H2,1-3H3,(H,20,24). The Labute approximate surface area is 156 Å². The molecule has 3 aromatic rings. The summed E-state index contributed by atoms with van der Waals surface area (Å²) in [5, 5.41) is 8.14. The van der Waals surface area contributed by atoms with Crippen LogP contribution in [0.5, 0.6) is 0 Å². The van der Waals surface area contributed by atoms with Gasteiger partial charge in [-0.05, 0) is 39.0 Å². The zero-order valence-corrected chi connectivity index (χ0v) is 15.8.